The highest BCUT2D eigenvalue weighted by Gasteiger charge is 2.41. The third kappa shape index (κ3) is 6.81. The number of hydrogen-bond acceptors (Lipinski definition) is 5. The van der Waals surface area contributed by atoms with E-state index in [0.29, 0.717) is 10.0 Å². The van der Waals surface area contributed by atoms with Crippen LogP contribution in [0.4, 0.5) is 8.78 Å². The molecule has 1 aliphatic heterocycles. The van der Waals surface area contributed by atoms with E-state index >= 15 is 0 Å². The molecule has 2 aromatic rings. The molecule has 1 fully saturated rings. The average Bonchev–Trinajstić information content (AvgIpc) is 3.20. The molecule has 14 heteroatoms. The van der Waals surface area contributed by atoms with E-state index < -0.39 is 50.4 Å². The van der Waals surface area contributed by atoms with E-state index in [4.69, 9.17) is 28.3 Å². The van der Waals surface area contributed by atoms with Gasteiger partial charge in [-0.2, -0.15) is 13.1 Å². The van der Waals surface area contributed by atoms with E-state index in [1.165, 1.54) is 60.7 Å². The molecule has 2 atom stereocenters. The number of rotatable bonds is 10. The van der Waals surface area contributed by atoms with Gasteiger partial charge in [0.15, 0.2) is 0 Å². The number of benzene rings is 2. The molecule has 0 aromatic heterocycles. The van der Waals surface area contributed by atoms with Crippen LogP contribution in [0.15, 0.2) is 70.5 Å². The molecule has 1 saturated heterocycles. The Bertz CT molecular complexity index is 1340. The van der Waals surface area contributed by atoms with Crippen LogP contribution in [0.1, 0.15) is 19.3 Å². The molecular formula is C22H22Cl2F2N2O6S2. The number of aliphatic carboxylic acids is 1. The Labute approximate surface area is 217 Å². The molecule has 0 radical (unpaired) electrons. The molecule has 0 aliphatic carbocycles. The zero-order chi connectivity index (χ0) is 26.7. The second kappa shape index (κ2) is 11.1. The summed E-state index contributed by atoms with van der Waals surface area (Å²) in [6, 6.07) is 9.11. The molecule has 2 N–H and O–H groups in total. The van der Waals surface area contributed by atoms with Crippen LogP contribution in [0.2, 0.25) is 10.0 Å². The molecule has 0 spiro atoms. The van der Waals surface area contributed by atoms with Crippen molar-refractivity contribution in [3.8, 4) is 0 Å². The largest absolute Gasteiger partial charge is 0.477 e. The molecule has 2 aromatic carbocycles. The first-order chi connectivity index (χ1) is 16.7. The standard InChI is InChI=1S/C22H22Cl2F2N2O6S2/c23-15-4-8-19(9-5-15)35(31,32)27-17-13-18(3-1-2-12-22(25,26)21(29)30)28(14-17)36(33,34)20-10-6-16(24)7-11-20/h1,3-11,17-18,27H,2,12-14H2,(H,29,30)/b3-1-/t17-,18-/m1/s1. The number of sulfonamides is 2. The molecule has 1 aliphatic rings. The molecule has 0 amide bonds. The van der Waals surface area contributed by atoms with Crippen molar-refractivity contribution < 1.29 is 35.5 Å². The van der Waals surface area contributed by atoms with Gasteiger partial charge in [-0.1, -0.05) is 35.4 Å². The Balaban J connectivity index is 1.84. The van der Waals surface area contributed by atoms with E-state index in [0.717, 1.165) is 4.31 Å². The molecule has 8 nitrogen and oxygen atoms in total. The van der Waals surface area contributed by atoms with Crippen LogP contribution in [0.5, 0.6) is 0 Å². The fourth-order valence-corrected chi connectivity index (χ4v) is 6.77. The van der Waals surface area contributed by atoms with Gasteiger partial charge in [0.2, 0.25) is 20.0 Å². The molecule has 0 unspecified atom stereocenters. The Kier molecular flexibility index (Phi) is 8.79. The summed E-state index contributed by atoms with van der Waals surface area (Å²) in [5.41, 5.74) is 0. The Morgan fingerprint density at radius 3 is 2.08 bits per heavy atom. The third-order valence-corrected chi connectivity index (χ3v) is 9.40. The van der Waals surface area contributed by atoms with Gasteiger partial charge in [-0.15, -0.1) is 0 Å². The van der Waals surface area contributed by atoms with Gasteiger partial charge in [0.05, 0.1) is 9.79 Å². The highest BCUT2D eigenvalue weighted by Crippen LogP contribution is 2.29. The summed E-state index contributed by atoms with van der Waals surface area (Å²) in [5, 5.41) is 9.22. The summed E-state index contributed by atoms with van der Waals surface area (Å²) in [6.07, 6.45) is 1.35. The van der Waals surface area contributed by atoms with Gasteiger partial charge in [0, 0.05) is 35.1 Å². The first-order valence-corrected chi connectivity index (χ1v) is 14.2. The van der Waals surface area contributed by atoms with Gasteiger partial charge in [-0.3, -0.25) is 0 Å². The monoisotopic (exact) mass is 582 g/mol. The predicted octanol–water partition coefficient (Wildman–Crippen LogP) is 4.16. The van der Waals surface area contributed by atoms with E-state index in [1.807, 2.05) is 0 Å². The number of carboxylic acid groups (broad SMARTS) is 1. The normalized spacial score (nSPS) is 19.7. The topological polar surface area (TPSA) is 121 Å². The van der Waals surface area contributed by atoms with Crippen LogP contribution in [0, 0.1) is 0 Å². The highest BCUT2D eigenvalue weighted by atomic mass is 35.5. The van der Waals surface area contributed by atoms with Gasteiger partial charge >= 0.3 is 11.9 Å². The third-order valence-electron chi connectivity index (χ3n) is 5.46. The lowest BCUT2D eigenvalue weighted by atomic mass is 10.1. The van der Waals surface area contributed by atoms with Gasteiger partial charge < -0.3 is 5.11 Å². The van der Waals surface area contributed by atoms with Gasteiger partial charge in [-0.05, 0) is 61.4 Å². The molecular weight excluding hydrogens is 561 g/mol. The molecule has 3 rings (SSSR count). The van der Waals surface area contributed by atoms with Crippen molar-refractivity contribution >= 4 is 49.2 Å². The molecule has 0 saturated carbocycles. The minimum absolute atomic E-state index is 0.0193. The van der Waals surface area contributed by atoms with Crippen LogP contribution < -0.4 is 4.72 Å². The van der Waals surface area contributed by atoms with Crippen molar-refractivity contribution in [1.29, 1.82) is 0 Å². The second-order valence-electron chi connectivity index (χ2n) is 8.08. The molecule has 1 heterocycles. The lowest BCUT2D eigenvalue weighted by molar-refractivity contribution is -0.165. The number of hydrogen-bond donors (Lipinski definition) is 2. The quantitative estimate of drug-likeness (QED) is 0.406. The lowest BCUT2D eigenvalue weighted by Crippen LogP contribution is -2.39. The highest BCUT2D eigenvalue weighted by molar-refractivity contribution is 7.89. The van der Waals surface area contributed by atoms with Crippen LogP contribution in [0.3, 0.4) is 0 Å². The lowest BCUT2D eigenvalue weighted by Gasteiger charge is -2.22. The number of nitrogens with zero attached hydrogens (tertiary/aromatic N) is 1. The number of allylic oxidation sites excluding steroid dienone is 1. The zero-order valence-electron chi connectivity index (χ0n) is 18.5. The maximum atomic E-state index is 13.4. The van der Waals surface area contributed by atoms with Crippen LogP contribution in [0.25, 0.3) is 0 Å². The van der Waals surface area contributed by atoms with Gasteiger partial charge in [0.1, 0.15) is 0 Å². The zero-order valence-corrected chi connectivity index (χ0v) is 21.7. The van der Waals surface area contributed by atoms with Crippen LogP contribution in [-0.2, 0) is 24.8 Å². The first kappa shape index (κ1) is 28.5. The SMILES string of the molecule is O=C(O)C(F)(F)CC/C=C\[C@@H]1C[C@@H](NS(=O)(=O)c2ccc(Cl)cc2)CN1S(=O)(=O)c1ccc(Cl)cc1. The van der Waals surface area contributed by atoms with E-state index in [1.54, 1.807) is 0 Å². The summed E-state index contributed by atoms with van der Waals surface area (Å²) < 4.78 is 82.5. The number of carboxylic acids is 1. The fourth-order valence-electron chi connectivity index (χ4n) is 3.64. The minimum Gasteiger partial charge on any atom is -0.477 e. The molecule has 0 bridgehead atoms. The van der Waals surface area contributed by atoms with Crippen molar-refractivity contribution in [2.24, 2.45) is 0 Å². The van der Waals surface area contributed by atoms with Crippen LogP contribution in [-0.4, -0.2) is 56.8 Å². The Morgan fingerprint density at radius 1 is 1.03 bits per heavy atom. The van der Waals surface area contributed by atoms with Gasteiger partial charge in [-0.25, -0.2) is 26.4 Å². The Morgan fingerprint density at radius 2 is 1.56 bits per heavy atom. The number of carbonyl (C=O) groups is 1. The Hall–Kier alpha value is -2.09. The number of nitrogens with one attached hydrogen (secondary N) is 1. The van der Waals surface area contributed by atoms with Crippen molar-refractivity contribution in [3.05, 3.63) is 70.7 Å². The van der Waals surface area contributed by atoms with Crippen LogP contribution >= 0.6 is 23.2 Å². The summed E-state index contributed by atoms with van der Waals surface area (Å²) in [4.78, 5) is 10.5. The molecule has 196 valence electrons. The maximum Gasteiger partial charge on any atom is 0.374 e. The summed E-state index contributed by atoms with van der Waals surface area (Å²) in [7, 11) is -8.13. The van der Waals surface area contributed by atoms with E-state index in [2.05, 4.69) is 4.72 Å². The van der Waals surface area contributed by atoms with Crippen molar-refractivity contribution in [1.82, 2.24) is 9.03 Å². The predicted molar refractivity (Wildman–Crippen MR) is 130 cm³/mol. The number of halogens is 4. The van der Waals surface area contributed by atoms with E-state index in [9.17, 15) is 30.4 Å². The maximum absolute atomic E-state index is 13.4. The summed E-state index contributed by atoms with van der Waals surface area (Å²) >= 11 is 11.7. The second-order valence-corrected chi connectivity index (χ2v) is 12.6. The number of alkyl halides is 2. The summed E-state index contributed by atoms with van der Waals surface area (Å²) in [5.74, 6) is -6.17. The van der Waals surface area contributed by atoms with E-state index in [-0.39, 0.29) is 29.2 Å². The minimum atomic E-state index is -4.11. The van der Waals surface area contributed by atoms with Crippen molar-refractivity contribution in [3.63, 3.8) is 0 Å². The summed E-state index contributed by atoms with van der Waals surface area (Å²) in [6.45, 7) is -0.224. The fraction of sp³-hybridized carbons (Fsp3) is 0.318. The van der Waals surface area contributed by atoms with Crippen molar-refractivity contribution in [2.75, 3.05) is 6.54 Å². The molecule has 36 heavy (non-hydrogen) atoms. The first-order valence-electron chi connectivity index (χ1n) is 10.6. The smallest absolute Gasteiger partial charge is 0.374 e. The van der Waals surface area contributed by atoms with Crippen molar-refractivity contribution in [2.45, 2.75) is 47.1 Å². The average molecular weight is 583 g/mol. The van der Waals surface area contributed by atoms with Gasteiger partial charge in [0.25, 0.3) is 0 Å².